The minimum atomic E-state index is -0.871. The largest absolute Gasteiger partial charge is 0.465 e. The summed E-state index contributed by atoms with van der Waals surface area (Å²) in [5, 5.41) is 11.3. The molecular weight excluding hydrogens is 538 g/mol. The molecule has 6 nitrogen and oxygen atoms in total. The zero-order valence-electron chi connectivity index (χ0n) is 14.2. The number of carbonyl (C=O) groups excluding carboxylic acids is 1. The molecule has 0 aliphatic carbocycles. The monoisotopic (exact) mass is 564 g/mol. The van der Waals surface area contributed by atoms with E-state index in [4.69, 9.17) is 5.11 Å². The van der Waals surface area contributed by atoms with E-state index in [1.54, 1.807) is 6.20 Å². The first-order chi connectivity index (χ1) is 11.5. The summed E-state index contributed by atoms with van der Waals surface area (Å²) in [6.07, 6.45) is 8.38. The van der Waals surface area contributed by atoms with Crippen LogP contribution in [0.25, 0.3) is 0 Å². The van der Waals surface area contributed by atoms with Crippen LogP contribution in [0, 0.1) is 12.0 Å². The number of ether oxygens (including phenoxy) is 1. The van der Waals surface area contributed by atoms with Gasteiger partial charge in [-0.3, -0.25) is 4.90 Å². The number of halogens is 2. The first-order valence-electron chi connectivity index (χ1n) is 7.74. The maximum Gasteiger partial charge on any atom is 0.421 e. The Labute approximate surface area is 172 Å². The number of allylic oxidation sites excluding steroid dienone is 1. The molecule has 0 bridgehead atoms. The van der Waals surface area contributed by atoms with Crippen molar-refractivity contribution in [2.75, 3.05) is 21.9 Å². The number of nitrogens with zero attached hydrogens (tertiary/aromatic N) is 1. The molecule has 0 heterocycles. The van der Waals surface area contributed by atoms with Crippen molar-refractivity contribution in [2.24, 2.45) is 0 Å². The molecule has 0 fully saturated rings. The molecule has 0 spiro atoms. The molecule has 0 aromatic carbocycles. The van der Waals surface area contributed by atoms with E-state index in [0.717, 1.165) is 30.1 Å². The number of carbonyl (C=O) groups is 2. The number of rotatable bonds is 8. The van der Waals surface area contributed by atoms with Crippen molar-refractivity contribution >= 4 is 57.4 Å². The summed E-state index contributed by atoms with van der Waals surface area (Å²) >= 11 is 4.26. The van der Waals surface area contributed by atoms with Crippen molar-refractivity contribution < 1.29 is 19.4 Å². The topological polar surface area (TPSA) is 78.9 Å². The Hall–Kier alpha value is -0.700. The number of alkyl carbamates (subject to hydrolysis) is 1. The van der Waals surface area contributed by atoms with Gasteiger partial charge in [0.1, 0.15) is 6.11 Å². The predicted octanol–water partition coefficient (Wildman–Crippen LogP) is 4.62. The Bertz CT molecular complexity index is 420. The van der Waals surface area contributed by atoms with Gasteiger partial charge >= 0.3 is 12.2 Å². The van der Waals surface area contributed by atoms with Gasteiger partial charge in [-0.15, -0.1) is 0 Å². The standard InChI is InChI=1S/C8H12INO2.C8H14INO2/c1-2-3-6-10-8(11)12-7-4-5-9;1-2-3-6-10(8(11)12)7-4-5-9/h2-3,5-6H2,1H3,(H,10,11);4,7H,2-3,5-6H2,1H3,(H,11,12). The van der Waals surface area contributed by atoms with Crippen LogP contribution in [-0.4, -0.2) is 44.1 Å². The second-order valence-corrected chi connectivity index (χ2v) is 6.09. The van der Waals surface area contributed by atoms with Crippen molar-refractivity contribution in [1.29, 1.82) is 0 Å². The summed E-state index contributed by atoms with van der Waals surface area (Å²) in [5.74, 6) is 2.62. The highest BCUT2D eigenvalue weighted by Crippen LogP contribution is 1.97. The van der Waals surface area contributed by atoms with Crippen LogP contribution in [0.3, 0.4) is 0 Å². The van der Waals surface area contributed by atoms with Gasteiger partial charge in [0, 0.05) is 23.7 Å². The molecule has 24 heavy (non-hydrogen) atoms. The van der Waals surface area contributed by atoms with Gasteiger partial charge < -0.3 is 15.2 Å². The van der Waals surface area contributed by atoms with E-state index >= 15 is 0 Å². The third-order valence-corrected chi connectivity index (χ3v) is 3.35. The molecule has 2 amide bonds. The van der Waals surface area contributed by atoms with E-state index < -0.39 is 12.2 Å². The fourth-order valence-corrected chi connectivity index (χ4v) is 1.63. The van der Waals surface area contributed by atoms with Gasteiger partial charge in [-0.25, -0.2) is 9.59 Å². The summed E-state index contributed by atoms with van der Waals surface area (Å²) in [6, 6.07) is 0. The third kappa shape index (κ3) is 19.3. The molecule has 138 valence electrons. The summed E-state index contributed by atoms with van der Waals surface area (Å²) < 4.78 is 6.02. The molecule has 0 saturated carbocycles. The summed E-state index contributed by atoms with van der Waals surface area (Å²) in [6.45, 7) is 5.35. The lowest BCUT2D eigenvalue weighted by atomic mass is 10.3. The second-order valence-electron chi connectivity index (χ2n) is 4.45. The number of carboxylic acid groups (broad SMARTS) is 1. The van der Waals surface area contributed by atoms with Gasteiger partial charge in [0.15, 0.2) is 0 Å². The average Bonchev–Trinajstić information content (AvgIpc) is 2.56. The molecule has 0 atom stereocenters. The lowest BCUT2D eigenvalue weighted by Crippen LogP contribution is -2.24. The molecule has 0 radical (unpaired) electrons. The molecule has 2 N–H and O–H groups in total. The Balaban J connectivity index is 0. The van der Waals surface area contributed by atoms with Crippen LogP contribution in [0.4, 0.5) is 9.59 Å². The molecule has 0 saturated heterocycles. The first-order valence-corrected chi connectivity index (χ1v) is 10.8. The van der Waals surface area contributed by atoms with E-state index in [0.29, 0.717) is 17.5 Å². The minimum absolute atomic E-state index is 0.458. The summed E-state index contributed by atoms with van der Waals surface area (Å²) in [5.41, 5.74) is 0. The first kappa shape index (κ1) is 25.5. The molecule has 0 aromatic rings. The second kappa shape index (κ2) is 20.3. The van der Waals surface area contributed by atoms with E-state index in [1.807, 2.05) is 13.0 Å². The van der Waals surface area contributed by atoms with E-state index in [9.17, 15) is 9.59 Å². The summed E-state index contributed by atoms with van der Waals surface area (Å²) in [7, 11) is 0. The van der Waals surface area contributed by atoms with Gasteiger partial charge in [-0.1, -0.05) is 77.9 Å². The van der Waals surface area contributed by atoms with Crippen LogP contribution in [0.1, 0.15) is 39.5 Å². The van der Waals surface area contributed by atoms with E-state index in [-0.39, 0.29) is 0 Å². The smallest absolute Gasteiger partial charge is 0.421 e. The van der Waals surface area contributed by atoms with E-state index in [2.05, 4.69) is 74.2 Å². The molecule has 0 rings (SSSR count). The Morgan fingerprint density at radius 2 is 1.92 bits per heavy atom. The number of alkyl halides is 2. The summed E-state index contributed by atoms with van der Waals surface area (Å²) in [4.78, 5) is 22.7. The molecule has 0 aromatic heterocycles. The fourth-order valence-electron chi connectivity index (χ4n) is 1.24. The molecular formula is C16H26I2N2O4. The van der Waals surface area contributed by atoms with Gasteiger partial charge in [0.05, 0.1) is 4.43 Å². The van der Waals surface area contributed by atoms with Crippen molar-refractivity contribution in [3.63, 3.8) is 0 Å². The van der Waals surface area contributed by atoms with Crippen molar-refractivity contribution in [3.8, 4) is 12.0 Å². The Morgan fingerprint density at radius 1 is 1.25 bits per heavy atom. The highest BCUT2D eigenvalue weighted by atomic mass is 127. The van der Waals surface area contributed by atoms with Gasteiger partial charge in [0.2, 0.25) is 0 Å². The Morgan fingerprint density at radius 3 is 2.42 bits per heavy atom. The molecule has 0 aliphatic rings. The van der Waals surface area contributed by atoms with Crippen molar-refractivity contribution in [1.82, 2.24) is 10.2 Å². The van der Waals surface area contributed by atoms with Crippen molar-refractivity contribution in [3.05, 3.63) is 12.3 Å². The zero-order chi connectivity index (χ0) is 18.6. The van der Waals surface area contributed by atoms with Crippen molar-refractivity contribution in [2.45, 2.75) is 39.5 Å². The maximum absolute atomic E-state index is 10.8. The number of amides is 2. The quantitative estimate of drug-likeness (QED) is 0.195. The minimum Gasteiger partial charge on any atom is -0.465 e. The van der Waals surface area contributed by atoms with Crippen LogP contribution >= 0.6 is 45.2 Å². The van der Waals surface area contributed by atoms with Crippen LogP contribution in [0.15, 0.2) is 12.3 Å². The lowest BCUT2D eigenvalue weighted by Gasteiger charge is -2.12. The van der Waals surface area contributed by atoms with Gasteiger partial charge in [-0.2, -0.15) is 0 Å². The lowest BCUT2D eigenvalue weighted by molar-refractivity contribution is 0.162. The SMILES string of the molecule is CCCCN(C=CCI)C(=O)O.CCCCNC(=O)OC#CCI. The fraction of sp³-hybridized carbons (Fsp3) is 0.625. The number of unbranched alkanes of at least 4 members (excludes halogenated alkanes) is 2. The highest BCUT2D eigenvalue weighted by Gasteiger charge is 2.05. The normalized spacial score (nSPS) is 9.33. The molecule has 8 heteroatoms. The van der Waals surface area contributed by atoms with Crippen LogP contribution in [0.2, 0.25) is 0 Å². The van der Waals surface area contributed by atoms with Crippen LogP contribution in [-0.2, 0) is 4.74 Å². The number of nitrogens with one attached hydrogen (secondary N) is 1. The zero-order valence-corrected chi connectivity index (χ0v) is 18.5. The molecule has 0 aliphatic heterocycles. The Kier molecular flexibility index (Phi) is 21.6. The third-order valence-electron chi connectivity index (χ3n) is 2.46. The molecule has 0 unspecified atom stereocenters. The maximum atomic E-state index is 10.8. The van der Waals surface area contributed by atoms with E-state index in [1.165, 1.54) is 4.90 Å². The predicted molar refractivity (Wildman–Crippen MR) is 114 cm³/mol. The average molecular weight is 564 g/mol. The number of hydrogen-bond donors (Lipinski definition) is 2. The van der Waals surface area contributed by atoms with Crippen LogP contribution < -0.4 is 5.32 Å². The van der Waals surface area contributed by atoms with Gasteiger partial charge in [-0.05, 0) is 18.8 Å². The van der Waals surface area contributed by atoms with Crippen LogP contribution in [0.5, 0.6) is 0 Å². The highest BCUT2D eigenvalue weighted by molar-refractivity contribution is 14.1. The number of hydrogen-bond acceptors (Lipinski definition) is 3. The van der Waals surface area contributed by atoms with Gasteiger partial charge in [0.25, 0.3) is 0 Å².